The molecule has 3 heteroatoms. The van der Waals surface area contributed by atoms with Crippen molar-refractivity contribution in [1.82, 2.24) is 0 Å². The zero-order valence-corrected chi connectivity index (χ0v) is 9.82. The van der Waals surface area contributed by atoms with Crippen molar-refractivity contribution in [2.75, 3.05) is 13.7 Å². The van der Waals surface area contributed by atoms with E-state index in [4.69, 9.17) is 4.74 Å². The number of carbonyl (C=O) groups excluding carboxylic acids is 1. The van der Waals surface area contributed by atoms with Crippen LogP contribution >= 0.6 is 0 Å². The lowest BCUT2D eigenvalue weighted by molar-refractivity contribution is 0.0596. The zero-order chi connectivity index (χ0) is 12.0. The molecule has 0 aromatic heterocycles. The van der Waals surface area contributed by atoms with E-state index in [2.05, 4.69) is 4.74 Å². The van der Waals surface area contributed by atoms with Gasteiger partial charge >= 0.3 is 5.97 Å². The maximum atomic E-state index is 11.4. The van der Waals surface area contributed by atoms with Crippen LogP contribution < -0.4 is 4.74 Å². The van der Waals surface area contributed by atoms with E-state index >= 15 is 0 Å². The smallest absolute Gasteiger partial charge is 0.341 e. The Morgan fingerprint density at radius 2 is 2.00 bits per heavy atom. The number of methoxy groups -OCH3 is 1. The Balaban J connectivity index is 2.79. The van der Waals surface area contributed by atoms with Gasteiger partial charge in [0.15, 0.2) is 0 Å². The Bertz CT molecular complexity index is 390. The molecule has 1 aromatic carbocycles. The Kier molecular flexibility index (Phi) is 4.58. The molecule has 0 bridgehead atoms. The number of hydrogen-bond acceptors (Lipinski definition) is 3. The number of benzene rings is 1. The molecular weight excluding hydrogens is 204 g/mol. The normalized spacial score (nSPS) is 9.44. The van der Waals surface area contributed by atoms with Gasteiger partial charge in [-0.2, -0.15) is 0 Å². The number of rotatable bonds is 4. The molecule has 0 amide bonds. The van der Waals surface area contributed by atoms with Crippen LogP contribution in [0.1, 0.15) is 24.2 Å². The SMILES string of the molecule is COC(=O)c1ccccc1OCC=C(C)C. The lowest BCUT2D eigenvalue weighted by Crippen LogP contribution is -2.05. The third-order valence-corrected chi connectivity index (χ3v) is 2.02. The summed E-state index contributed by atoms with van der Waals surface area (Å²) in [6, 6.07) is 7.04. The lowest BCUT2D eigenvalue weighted by Gasteiger charge is -2.08. The van der Waals surface area contributed by atoms with Crippen molar-refractivity contribution in [2.24, 2.45) is 0 Å². The molecule has 16 heavy (non-hydrogen) atoms. The van der Waals surface area contributed by atoms with Crippen LogP contribution in [0, 0.1) is 0 Å². The molecule has 0 N–H and O–H groups in total. The van der Waals surface area contributed by atoms with Crippen molar-refractivity contribution < 1.29 is 14.3 Å². The molecule has 0 aliphatic rings. The molecule has 0 saturated carbocycles. The Morgan fingerprint density at radius 3 is 2.62 bits per heavy atom. The molecule has 0 fully saturated rings. The highest BCUT2D eigenvalue weighted by atomic mass is 16.5. The van der Waals surface area contributed by atoms with E-state index in [0.717, 1.165) is 0 Å². The van der Waals surface area contributed by atoms with E-state index < -0.39 is 0 Å². The van der Waals surface area contributed by atoms with Gasteiger partial charge in [0.1, 0.15) is 17.9 Å². The maximum Gasteiger partial charge on any atom is 0.341 e. The summed E-state index contributed by atoms with van der Waals surface area (Å²) in [6.45, 7) is 4.45. The number of esters is 1. The van der Waals surface area contributed by atoms with Crippen LogP contribution in [0.3, 0.4) is 0 Å². The summed E-state index contributed by atoms with van der Waals surface area (Å²) in [7, 11) is 1.36. The van der Waals surface area contributed by atoms with Crippen LogP contribution in [0.2, 0.25) is 0 Å². The average Bonchev–Trinajstić information content (AvgIpc) is 2.28. The minimum atomic E-state index is -0.382. The van der Waals surface area contributed by atoms with E-state index in [1.54, 1.807) is 18.2 Å². The molecule has 0 radical (unpaired) electrons. The summed E-state index contributed by atoms with van der Waals surface area (Å²) < 4.78 is 10.2. The molecule has 1 aromatic rings. The highest BCUT2D eigenvalue weighted by Crippen LogP contribution is 2.18. The Labute approximate surface area is 95.7 Å². The van der Waals surface area contributed by atoms with Gasteiger partial charge in [-0.3, -0.25) is 0 Å². The van der Waals surface area contributed by atoms with Gasteiger partial charge in [0.05, 0.1) is 7.11 Å². The van der Waals surface area contributed by atoms with Crippen LogP contribution in [0.5, 0.6) is 5.75 Å². The molecule has 0 atom stereocenters. The van der Waals surface area contributed by atoms with E-state index in [1.807, 2.05) is 26.0 Å². The second-order valence-electron chi connectivity index (χ2n) is 3.58. The monoisotopic (exact) mass is 220 g/mol. The first-order chi connectivity index (χ1) is 7.65. The van der Waals surface area contributed by atoms with Crippen molar-refractivity contribution in [3.05, 3.63) is 41.5 Å². The van der Waals surface area contributed by atoms with Gasteiger partial charge in [-0.25, -0.2) is 4.79 Å². The third-order valence-electron chi connectivity index (χ3n) is 2.02. The first kappa shape index (κ1) is 12.3. The fraction of sp³-hybridized carbons (Fsp3) is 0.308. The summed E-state index contributed by atoms with van der Waals surface area (Å²) in [5.41, 5.74) is 1.63. The topological polar surface area (TPSA) is 35.5 Å². The summed E-state index contributed by atoms with van der Waals surface area (Å²) in [5, 5.41) is 0. The van der Waals surface area contributed by atoms with Crippen LogP contribution in [-0.2, 0) is 4.74 Å². The molecule has 0 aliphatic heterocycles. The van der Waals surface area contributed by atoms with Gasteiger partial charge < -0.3 is 9.47 Å². The molecule has 0 heterocycles. The maximum absolute atomic E-state index is 11.4. The van der Waals surface area contributed by atoms with Gasteiger partial charge in [0.2, 0.25) is 0 Å². The number of carbonyl (C=O) groups is 1. The standard InChI is InChI=1S/C13H16O3/c1-10(2)8-9-16-12-7-5-4-6-11(12)13(14)15-3/h4-8H,9H2,1-3H3. The fourth-order valence-electron chi connectivity index (χ4n) is 1.17. The molecule has 0 saturated heterocycles. The van der Waals surface area contributed by atoms with Crippen LogP contribution in [-0.4, -0.2) is 19.7 Å². The van der Waals surface area contributed by atoms with Crippen molar-refractivity contribution in [3.8, 4) is 5.75 Å². The number of para-hydroxylation sites is 1. The Morgan fingerprint density at radius 1 is 1.31 bits per heavy atom. The van der Waals surface area contributed by atoms with E-state index in [1.165, 1.54) is 12.7 Å². The number of allylic oxidation sites excluding steroid dienone is 1. The van der Waals surface area contributed by atoms with Gasteiger partial charge in [-0.1, -0.05) is 17.7 Å². The van der Waals surface area contributed by atoms with E-state index in [0.29, 0.717) is 17.9 Å². The summed E-state index contributed by atoms with van der Waals surface area (Å²) in [4.78, 5) is 11.4. The first-order valence-electron chi connectivity index (χ1n) is 5.08. The molecule has 0 aliphatic carbocycles. The fourth-order valence-corrected chi connectivity index (χ4v) is 1.17. The third kappa shape index (κ3) is 3.42. The van der Waals surface area contributed by atoms with Crippen molar-refractivity contribution in [3.63, 3.8) is 0 Å². The van der Waals surface area contributed by atoms with Crippen molar-refractivity contribution in [1.29, 1.82) is 0 Å². The first-order valence-corrected chi connectivity index (χ1v) is 5.08. The Hall–Kier alpha value is -1.77. The molecule has 1 rings (SSSR count). The minimum absolute atomic E-state index is 0.382. The predicted molar refractivity (Wildman–Crippen MR) is 62.7 cm³/mol. The van der Waals surface area contributed by atoms with Gasteiger partial charge in [0.25, 0.3) is 0 Å². The second-order valence-corrected chi connectivity index (χ2v) is 3.58. The van der Waals surface area contributed by atoms with Gasteiger partial charge in [-0.05, 0) is 32.1 Å². The lowest BCUT2D eigenvalue weighted by atomic mass is 10.2. The van der Waals surface area contributed by atoms with Gasteiger partial charge in [0, 0.05) is 0 Å². The quantitative estimate of drug-likeness (QED) is 0.578. The molecule has 3 nitrogen and oxygen atoms in total. The molecule has 0 spiro atoms. The highest BCUT2D eigenvalue weighted by Gasteiger charge is 2.11. The molecule has 0 unspecified atom stereocenters. The summed E-state index contributed by atoms with van der Waals surface area (Å²) in [5.74, 6) is 0.166. The molecule has 86 valence electrons. The van der Waals surface area contributed by atoms with E-state index in [9.17, 15) is 4.79 Å². The van der Waals surface area contributed by atoms with Crippen molar-refractivity contribution in [2.45, 2.75) is 13.8 Å². The zero-order valence-electron chi connectivity index (χ0n) is 9.82. The summed E-state index contributed by atoms with van der Waals surface area (Å²) >= 11 is 0. The number of ether oxygens (including phenoxy) is 2. The highest BCUT2D eigenvalue weighted by molar-refractivity contribution is 5.92. The predicted octanol–water partition coefficient (Wildman–Crippen LogP) is 2.82. The van der Waals surface area contributed by atoms with Crippen LogP contribution in [0.15, 0.2) is 35.9 Å². The van der Waals surface area contributed by atoms with Gasteiger partial charge in [-0.15, -0.1) is 0 Å². The molecular formula is C13H16O3. The summed E-state index contributed by atoms with van der Waals surface area (Å²) in [6.07, 6.45) is 1.95. The second kappa shape index (κ2) is 5.95. The average molecular weight is 220 g/mol. The van der Waals surface area contributed by atoms with Crippen LogP contribution in [0.25, 0.3) is 0 Å². The minimum Gasteiger partial charge on any atom is -0.489 e. The number of hydrogen-bond donors (Lipinski definition) is 0. The van der Waals surface area contributed by atoms with Crippen molar-refractivity contribution >= 4 is 5.97 Å². The van der Waals surface area contributed by atoms with E-state index in [-0.39, 0.29) is 5.97 Å². The largest absolute Gasteiger partial charge is 0.489 e. The van der Waals surface area contributed by atoms with Crippen LogP contribution in [0.4, 0.5) is 0 Å².